The Morgan fingerprint density at radius 2 is 2.10 bits per heavy atom. The van der Waals surface area contributed by atoms with E-state index in [1.807, 2.05) is 6.20 Å². The molecule has 0 saturated heterocycles. The van der Waals surface area contributed by atoms with Crippen LogP contribution in [0.1, 0.15) is 25.3 Å². The minimum Gasteiger partial charge on any atom is -0.454 e. The molecular formula is C15H13N3O2. The Morgan fingerprint density at radius 3 is 2.90 bits per heavy atom. The highest BCUT2D eigenvalue weighted by atomic mass is 16.3. The van der Waals surface area contributed by atoms with Crippen LogP contribution in [0.4, 0.5) is 0 Å². The number of benzene rings is 1. The third-order valence-electron chi connectivity index (χ3n) is 3.63. The number of fused-ring (bicyclic) bond motifs is 4. The minimum atomic E-state index is -0.0541. The SMILES string of the molecule is CC(C)c1c2c[nH][nH]c2nc2c1oc1cc(=O)ccc12. The molecule has 3 heterocycles. The van der Waals surface area contributed by atoms with Crippen molar-refractivity contribution >= 4 is 33.1 Å². The van der Waals surface area contributed by atoms with Gasteiger partial charge >= 0.3 is 0 Å². The first-order valence-corrected chi connectivity index (χ1v) is 6.57. The van der Waals surface area contributed by atoms with Crippen LogP contribution in [0, 0.1) is 0 Å². The number of nitrogens with one attached hydrogen (secondary N) is 2. The van der Waals surface area contributed by atoms with E-state index < -0.39 is 0 Å². The van der Waals surface area contributed by atoms with Crippen molar-refractivity contribution in [1.82, 2.24) is 15.2 Å². The molecule has 0 aliphatic heterocycles. The maximum atomic E-state index is 11.5. The molecule has 0 bridgehead atoms. The lowest BCUT2D eigenvalue weighted by Gasteiger charge is -2.06. The summed E-state index contributed by atoms with van der Waals surface area (Å²) in [6.45, 7) is 4.24. The van der Waals surface area contributed by atoms with Gasteiger partial charge in [-0.15, -0.1) is 0 Å². The first-order chi connectivity index (χ1) is 9.65. The standard InChI is InChI=1S/C15H13N3O2/c1-7(2)12-10-6-16-18-15(10)17-13-9-4-3-8(19)5-11(9)20-14(12)13/h3-7H,1-2H3,(H2,16,17,18). The molecule has 4 rings (SSSR count). The number of aromatic amines is 2. The quantitative estimate of drug-likeness (QED) is 0.555. The molecule has 0 aliphatic rings. The van der Waals surface area contributed by atoms with E-state index in [1.165, 1.54) is 6.07 Å². The van der Waals surface area contributed by atoms with E-state index >= 15 is 0 Å². The first-order valence-electron chi connectivity index (χ1n) is 6.57. The van der Waals surface area contributed by atoms with E-state index in [0.717, 1.165) is 33.1 Å². The van der Waals surface area contributed by atoms with E-state index in [1.54, 1.807) is 12.1 Å². The highest BCUT2D eigenvalue weighted by molar-refractivity contribution is 6.07. The van der Waals surface area contributed by atoms with Crippen molar-refractivity contribution in [2.24, 2.45) is 0 Å². The molecule has 1 aromatic carbocycles. The summed E-state index contributed by atoms with van der Waals surface area (Å²) in [7, 11) is 0. The molecule has 0 spiro atoms. The smallest absolute Gasteiger partial charge is 0.182 e. The van der Waals surface area contributed by atoms with Crippen molar-refractivity contribution in [3.63, 3.8) is 0 Å². The number of pyridine rings is 1. The molecule has 2 N–H and O–H groups in total. The van der Waals surface area contributed by atoms with Gasteiger partial charge in [-0.05, 0) is 18.1 Å². The molecule has 0 atom stereocenters. The maximum absolute atomic E-state index is 11.5. The topological polar surface area (TPSA) is 74.7 Å². The zero-order valence-electron chi connectivity index (χ0n) is 11.2. The van der Waals surface area contributed by atoms with Gasteiger partial charge in [0.1, 0.15) is 11.1 Å². The lowest BCUT2D eigenvalue weighted by atomic mass is 10.00. The Hall–Kier alpha value is -2.56. The zero-order chi connectivity index (χ0) is 13.9. The Labute approximate surface area is 113 Å². The number of hydrogen-bond donors (Lipinski definition) is 2. The number of aromatic nitrogens is 3. The largest absolute Gasteiger partial charge is 0.454 e. The molecule has 5 nitrogen and oxygen atoms in total. The Kier molecular flexibility index (Phi) is 2.10. The lowest BCUT2D eigenvalue weighted by Crippen LogP contribution is -1.93. The van der Waals surface area contributed by atoms with Gasteiger partial charge in [-0.1, -0.05) is 13.8 Å². The molecule has 5 heteroatoms. The van der Waals surface area contributed by atoms with Gasteiger partial charge < -0.3 is 9.52 Å². The van der Waals surface area contributed by atoms with Gasteiger partial charge in [-0.2, -0.15) is 0 Å². The average Bonchev–Trinajstić information content (AvgIpc) is 2.98. The molecule has 0 fully saturated rings. The van der Waals surface area contributed by atoms with Crippen molar-refractivity contribution in [2.45, 2.75) is 19.8 Å². The van der Waals surface area contributed by atoms with E-state index in [9.17, 15) is 4.79 Å². The van der Waals surface area contributed by atoms with Gasteiger partial charge in [0.15, 0.2) is 16.7 Å². The number of H-pyrrole nitrogens is 2. The van der Waals surface area contributed by atoms with Crippen molar-refractivity contribution in [3.8, 4) is 0 Å². The third kappa shape index (κ3) is 1.37. The summed E-state index contributed by atoms with van der Waals surface area (Å²) in [5.74, 6) is 0.291. The van der Waals surface area contributed by atoms with E-state index in [2.05, 4.69) is 29.0 Å². The molecule has 0 aliphatic carbocycles. The predicted molar refractivity (Wildman–Crippen MR) is 78.1 cm³/mol. The second kappa shape index (κ2) is 3.72. The van der Waals surface area contributed by atoms with Crippen LogP contribution in [-0.2, 0) is 0 Å². The highest BCUT2D eigenvalue weighted by Crippen LogP contribution is 2.35. The molecule has 0 unspecified atom stereocenters. The van der Waals surface area contributed by atoms with E-state index in [0.29, 0.717) is 11.5 Å². The van der Waals surface area contributed by atoms with Crippen LogP contribution in [0.5, 0.6) is 0 Å². The minimum absolute atomic E-state index is 0.0541. The summed E-state index contributed by atoms with van der Waals surface area (Å²) >= 11 is 0. The Bertz CT molecular complexity index is 1000. The molecule has 20 heavy (non-hydrogen) atoms. The molecule has 0 amide bonds. The molecule has 100 valence electrons. The molecule has 4 aromatic rings. The summed E-state index contributed by atoms with van der Waals surface area (Å²) < 4.78 is 5.91. The maximum Gasteiger partial charge on any atom is 0.182 e. The van der Waals surface area contributed by atoms with Crippen molar-refractivity contribution in [3.05, 3.63) is 40.2 Å². The fourth-order valence-electron chi connectivity index (χ4n) is 2.77. The summed E-state index contributed by atoms with van der Waals surface area (Å²) in [6, 6.07) is 4.83. The van der Waals surface area contributed by atoms with Crippen molar-refractivity contribution < 1.29 is 4.42 Å². The Balaban J connectivity index is 2.30. The molecule has 3 aromatic heterocycles. The Morgan fingerprint density at radius 1 is 1.25 bits per heavy atom. The van der Waals surface area contributed by atoms with Crippen molar-refractivity contribution in [1.29, 1.82) is 0 Å². The van der Waals surface area contributed by atoms with E-state index in [-0.39, 0.29) is 5.43 Å². The van der Waals surface area contributed by atoms with Crippen molar-refractivity contribution in [2.75, 3.05) is 0 Å². The second-order valence-corrected chi connectivity index (χ2v) is 5.29. The summed E-state index contributed by atoms with van der Waals surface area (Å²) in [5.41, 5.74) is 4.01. The fourth-order valence-corrected chi connectivity index (χ4v) is 2.77. The van der Waals surface area contributed by atoms with Crippen LogP contribution in [0.3, 0.4) is 0 Å². The number of furan rings is 1. The third-order valence-corrected chi connectivity index (χ3v) is 3.63. The highest BCUT2D eigenvalue weighted by Gasteiger charge is 2.19. The fraction of sp³-hybridized carbons (Fsp3) is 0.200. The van der Waals surface area contributed by atoms with Crippen LogP contribution in [0.2, 0.25) is 0 Å². The van der Waals surface area contributed by atoms with Gasteiger partial charge in [-0.25, -0.2) is 4.98 Å². The average molecular weight is 267 g/mol. The molecule has 0 saturated carbocycles. The van der Waals surface area contributed by atoms with Gasteiger partial charge in [0.25, 0.3) is 0 Å². The number of rotatable bonds is 1. The normalized spacial score (nSPS) is 12.2. The van der Waals surface area contributed by atoms with Crippen LogP contribution >= 0.6 is 0 Å². The van der Waals surface area contributed by atoms with Gasteiger partial charge in [0.2, 0.25) is 0 Å². The first kappa shape index (κ1) is 11.3. The lowest BCUT2D eigenvalue weighted by molar-refractivity contribution is 0.657. The summed E-state index contributed by atoms with van der Waals surface area (Å²) in [5, 5.41) is 7.90. The van der Waals surface area contributed by atoms with Gasteiger partial charge in [-0.3, -0.25) is 9.89 Å². The molecular weight excluding hydrogens is 254 g/mol. The predicted octanol–water partition coefficient (Wildman–Crippen LogP) is 3.27. The van der Waals surface area contributed by atoms with Crippen LogP contribution in [0.25, 0.3) is 33.1 Å². The van der Waals surface area contributed by atoms with Gasteiger partial charge in [0.05, 0.1) is 0 Å². The number of nitrogens with zero attached hydrogens (tertiary/aromatic N) is 1. The monoisotopic (exact) mass is 267 g/mol. The van der Waals surface area contributed by atoms with Crippen LogP contribution < -0.4 is 5.43 Å². The summed E-state index contributed by atoms with van der Waals surface area (Å²) in [4.78, 5) is 16.1. The second-order valence-electron chi connectivity index (χ2n) is 5.29. The number of hydrogen-bond acceptors (Lipinski definition) is 3. The summed E-state index contributed by atoms with van der Waals surface area (Å²) in [6.07, 6.45) is 1.89. The zero-order valence-corrected chi connectivity index (χ0v) is 11.2. The molecule has 0 radical (unpaired) electrons. The van der Waals surface area contributed by atoms with Crippen LogP contribution in [0.15, 0.2) is 33.6 Å². The van der Waals surface area contributed by atoms with Crippen LogP contribution in [-0.4, -0.2) is 15.2 Å². The van der Waals surface area contributed by atoms with E-state index in [4.69, 9.17) is 4.42 Å². The van der Waals surface area contributed by atoms with Gasteiger partial charge in [0, 0.05) is 28.6 Å².